The Morgan fingerprint density at radius 2 is 2.00 bits per heavy atom. The van der Waals surface area contributed by atoms with E-state index in [-0.39, 0.29) is 12.1 Å². The van der Waals surface area contributed by atoms with Crippen LogP contribution in [0.3, 0.4) is 0 Å². The van der Waals surface area contributed by atoms with Gasteiger partial charge in [0.15, 0.2) is 0 Å². The Labute approximate surface area is 153 Å². The molecule has 26 heavy (non-hydrogen) atoms. The van der Waals surface area contributed by atoms with Crippen LogP contribution in [0.15, 0.2) is 18.2 Å². The minimum Gasteiger partial charge on any atom is -0.371 e. The second kappa shape index (κ2) is 8.01. The summed E-state index contributed by atoms with van der Waals surface area (Å²) in [6.45, 7) is 4.84. The van der Waals surface area contributed by atoms with Crippen molar-refractivity contribution in [1.29, 1.82) is 0 Å². The van der Waals surface area contributed by atoms with Gasteiger partial charge in [-0.05, 0) is 64.5 Å². The first kappa shape index (κ1) is 20.1. The van der Waals surface area contributed by atoms with E-state index in [1.54, 1.807) is 26.0 Å². The monoisotopic (exact) mass is 365 g/mol. The number of rotatable bonds is 6. The van der Waals surface area contributed by atoms with Crippen molar-refractivity contribution < 1.29 is 19.9 Å². The summed E-state index contributed by atoms with van der Waals surface area (Å²) in [5.74, 6) is -0.908. The van der Waals surface area contributed by atoms with E-state index in [2.05, 4.69) is 28.8 Å². The maximum atomic E-state index is 11.9. The highest BCUT2D eigenvalue weighted by Crippen LogP contribution is 2.32. The molecule has 1 N–H and O–H groups in total. The van der Waals surface area contributed by atoms with E-state index in [9.17, 15) is 14.9 Å². The number of carbonyl (C=O) groups excluding carboxylic acids is 1. The Morgan fingerprint density at radius 1 is 1.38 bits per heavy atom. The maximum absolute atomic E-state index is 11.9. The van der Waals surface area contributed by atoms with Crippen molar-refractivity contribution in [2.75, 3.05) is 38.6 Å². The van der Waals surface area contributed by atoms with Crippen molar-refractivity contribution >= 4 is 11.7 Å². The molecule has 0 unspecified atom stereocenters. The number of nitrogens with zero attached hydrogens (tertiary/aromatic N) is 3. The summed E-state index contributed by atoms with van der Waals surface area (Å²) in [6.07, 6.45) is 2.06. The van der Waals surface area contributed by atoms with E-state index >= 15 is 0 Å². The molecule has 0 atom stereocenters. The maximum Gasteiger partial charge on any atom is 0.373 e. The zero-order chi connectivity index (χ0) is 19.5. The van der Waals surface area contributed by atoms with E-state index in [1.165, 1.54) is 0 Å². The third-order valence-electron chi connectivity index (χ3n) is 5.12. The van der Waals surface area contributed by atoms with Gasteiger partial charge in [-0.25, -0.2) is 4.79 Å². The van der Waals surface area contributed by atoms with E-state index in [4.69, 9.17) is 5.26 Å². The van der Waals surface area contributed by atoms with Gasteiger partial charge in [-0.1, -0.05) is 0 Å². The normalized spacial score (nSPS) is 16.0. The molecule has 8 nitrogen and oxygen atoms in total. The van der Waals surface area contributed by atoms with Crippen LogP contribution in [0.1, 0.15) is 42.6 Å². The van der Waals surface area contributed by atoms with Crippen LogP contribution in [0, 0.1) is 10.1 Å². The van der Waals surface area contributed by atoms with E-state index in [1.807, 2.05) is 6.07 Å². The molecule has 1 aromatic rings. The molecule has 8 heteroatoms. The summed E-state index contributed by atoms with van der Waals surface area (Å²) in [5.41, 5.74) is 0.681. The van der Waals surface area contributed by atoms with Crippen LogP contribution in [0.4, 0.5) is 5.69 Å². The molecule has 0 spiro atoms. The number of piperidine rings is 1. The van der Waals surface area contributed by atoms with Crippen LogP contribution in [0.5, 0.6) is 0 Å². The highest BCUT2D eigenvalue weighted by Gasteiger charge is 2.33. The molecule has 1 saturated heterocycles. The Morgan fingerprint density at radius 3 is 2.50 bits per heavy atom. The van der Waals surface area contributed by atoms with Gasteiger partial charge in [-0.15, -0.1) is 0 Å². The first-order valence-corrected chi connectivity index (χ1v) is 8.69. The average Bonchev–Trinajstić information content (AvgIpc) is 2.59. The van der Waals surface area contributed by atoms with Crippen LogP contribution in [-0.2, 0) is 10.3 Å². The summed E-state index contributed by atoms with van der Waals surface area (Å²) in [6, 6.07) is 5.73. The molecule has 0 aromatic heterocycles. The zero-order valence-corrected chi connectivity index (χ0v) is 15.8. The first-order chi connectivity index (χ1) is 12.2. The third kappa shape index (κ3) is 4.50. The molecular weight excluding hydrogens is 338 g/mol. The second-order valence-corrected chi connectivity index (χ2v) is 7.67. The van der Waals surface area contributed by atoms with Crippen LogP contribution in [0.2, 0.25) is 0 Å². The molecular formula is C18H27N3O5. The molecule has 1 fully saturated rings. The lowest BCUT2D eigenvalue weighted by Crippen LogP contribution is -2.42. The van der Waals surface area contributed by atoms with Gasteiger partial charge >= 0.3 is 5.97 Å². The van der Waals surface area contributed by atoms with Crippen molar-refractivity contribution in [3.05, 3.63) is 39.4 Å². The Hall–Kier alpha value is -2.19. The van der Waals surface area contributed by atoms with E-state index in [0.717, 1.165) is 31.6 Å². The standard InChI is InChI=1S/C18H27N3O5/c1-18(2,12-21(23)24)16-11-14(5-6-15(16)17(22)26-25)20-9-7-13(8-10-20)19(3)4/h5-6,11,13,25H,7-10,12H2,1-4H3. The number of nitro groups is 1. The highest BCUT2D eigenvalue weighted by atomic mass is 17.1. The van der Waals surface area contributed by atoms with Crippen molar-refractivity contribution in [3.63, 3.8) is 0 Å². The minimum atomic E-state index is -0.908. The summed E-state index contributed by atoms with van der Waals surface area (Å²) in [4.78, 5) is 30.9. The average molecular weight is 365 g/mol. The predicted molar refractivity (Wildman–Crippen MR) is 98.3 cm³/mol. The van der Waals surface area contributed by atoms with Crippen LogP contribution in [-0.4, -0.2) is 60.8 Å². The number of anilines is 1. The second-order valence-electron chi connectivity index (χ2n) is 7.67. The van der Waals surface area contributed by atoms with Gasteiger partial charge in [-0.3, -0.25) is 15.0 Å². The molecule has 0 saturated carbocycles. The largest absolute Gasteiger partial charge is 0.373 e. The van der Waals surface area contributed by atoms with Gasteiger partial charge in [-0.2, -0.15) is 5.26 Å². The lowest BCUT2D eigenvalue weighted by Gasteiger charge is -2.37. The molecule has 0 amide bonds. The zero-order valence-electron chi connectivity index (χ0n) is 15.8. The van der Waals surface area contributed by atoms with Crippen LogP contribution in [0.25, 0.3) is 0 Å². The van der Waals surface area contributed by atoms with Gasteiger partial charge < -0.3 is 9.80 Å². The van der Waals surface area contributed by atoms with Crippen molar-refractivity contribution in [2.24, 2.45) is 0 Å². The summed E-state index contributed by atoms with van der Waals surface area (Å²) >= 11 is 0. The SMILES string of the molecule is CN(C)C1CCN(c2ccc(C(=O)OO)c(C(C)(C)C[N+](=O)[O-])c2)CC1. The Kier molecular flexibility index (Phi) is 6.20. The smallest absolute Gasteiger partial charge is 0.371 e. The number of hydrogen-bond donors (Lipinski definition) is 1. The van der Waals surface area contributed by atoms with E-state index < -0.39 is 16.3 Å². The topological polar surface area (TPSA) is 96.2 Å². The Bertz CT molecular complexity index is 667. The molecule has 1 aliphatic rings. The van der Waals surface area contributed by atoms with Gasteiger partial charge in [0.25, 0.3) is 0 Å². The minimum absolute atomic E-state index is 0.145. The number of benzene rings is 1. The third-order valence-corrected chi connectivity index (χ3v) is 5.12. The fourth-order valence-electron chi connectivity index (χ4n) is 3.56. The summed E-state index contributed by atoms with van der Waals surface area (Å²) < 4.78 is 0. The molecule has 0 bridgehead atoms. The fourth-order valence-corrected chi connectivity index (χ4v) is 3.56. The molecule has 144 valence electrons. The van der Waals surface area contributed by atoms with Gasteiger partial charge in [0, 0.05) is 29.7 Å². The Balaban J connectivity index is 2.34. The van der Waals surface area contributed by atoms with Gasteiger partial charge in [0.05, 0.1) is 11.0 Å². The van der Waals surface area contributed by atoms with Crippen molar-refractivity contribution in [2.45, 2.75) is 38.1 Å². The number of carbonyl (C=O) groups is 1. The quantitative estimate of drug-likeness (QED) is 0.470. The van der Waals surface area contributed by atoms with Crippen molar-refractivity contribution in [1.82, 2.24) is 4.90 Å². The summed E-state index contributed by atoms with van der Waals surface area (Å²) in [7, 11) is 4.15. The molecule has 0 radical (unpaired) electrons. The molecule has 1 aliphatic heterocycles. The molecule has 1 aromatic carbocycles. The van der Waals surface area contributed by atoms with Gasteiger partial charge in [0.1, 0.15) is 0 Å². The van der Waals surface area contributed by atoms with Crippen molar-refractivity contribution in [3.8, 4) is 0 Å². The highest BCUT2D eigenvalue weighted by molar-refractivity contribution is 5.91. The molecule has 1 heterocycles. The number of hydrogen-bond acceptors (Lipinski definition) is 7. The summed E-state index contributed by atoms with van der Waals surface area (Å²) in [5, 5.41) is 19.8. The lowest BCUT2D eigenvalue weighted by atomic mass is 9.81. The molecule has 0 aliphatic carbocycles. The first-order valence-electron chi connectivity index (χ1n) is 8.69. The fraction of sp³-hybridized carbons (Fsp3) is 0.611. The lowest BCUT2D eigenvalue weighted by molar-refractivity contribution is -0.489. The molecule has 2 rings (SSSR count). The predicted octanol–water partition coefficient (Wildman–Crippen LogP) is 2.40. The van der Waals surface area contributed by atoms with Crippen LogP contribution >= 0.6 is 0 Å². The van der Waals surface area contributed by atoms with E-state index in [0.29, 0.717) is 11.6 Å². The van der Waals surface area contributed by atoms with Gasteiger partial charge in [0.2, 0.25) is 6.54 Å². The van der Waals surface area contributed by atoms with Crippen LogP contribution < -0.4 is 4.90 Å².